The first-order valence-electron chi connectivity index (χ1n) is 6.38. The van der Waals surface area contributed by atoms with Crippen LogP contribution in [0, 0.1) is 5.82 Å². The van der Waals surface area contributed by atoms with Crippen LogP contribution < -0.4 is 4.90 Å². The molecule has 106 valence electrons. The molecule has 0 spiro atoms. The van der Waals surface area contributed by atoms with Crippen LogP contribution in [0.15, 0.2) is 22.5 Å². The molecule has 1 aromatic heterocycles. The molecule has 0 N–H and O–H groups in total. The lowest BCUT2D eigenvalue weighted by molar-refractivity contribution is 0.617. The molecule has 0 unspecified atom stereocenters. The van der Waals surface area contributed by atoms with Crippen molar-refractivity contribution in [3.05, 3.63) is 34.6 Å². The molecule has 1 aliphatic rings. The van der Waals surface area contributed by atoms with Gasteiger partial charge >= 0.3 is 0 Å². The van der Waals surface area contributed by atoms with Gasteiger partial charge < -0.3 is 4.90 Å². The van der Waals surface area contributed by atoms with Crippen LogP contribution in [-0.2, 0) is 5.75 Å². The Kier molecular flexibility index (Phi) is 4.43. The van der Waals surface area contributed by atoms with Crippen LogP contribution in [0.25, 0.3) is 0 Å². The minimum atomic E-state index is -0.269. The summed E-state index contributed by atoms with van der Waals surface area (Å²) >= 11 is 9.05. The Labute approximate surface area is 130 Å². The van der Waals surface area contributed by atoms with Crippen LogP contribution in [0.2, 0.25) is 5.02 Å². The smallest absolute Gasteiger partial charge is 0.209 e. The maximum atomic E-state index is 13.7. The quantitative estimate of drug-likeness (QED) is 0.785. The minimum absolute atomic E-state index is 0.269. The van der Waals surface area contributed by atoms with Gasteiger partial charge in [0, 0.05) is 29.4 Å². The van der Waals surface area contributed by atoms with E-state index in [9.17, 15) is 4.39 Å². The number of anilines is 1. The zero-order valence-electron chi connectivity index (χ0n) is 10.7. The zero-order valence-corrected chi connectivity index (χ0v) is 13.1. The molecule has 0 radical (unpaired) electrons. The monoisotopic (exact) mass is 329 g/mol. The van der Waals surface area contributed by atoms with Crippen molar-refractivity contribution in [3.8, 4) is 0 Å². The Hall–Kier alpha value is -0.850. The van der Waals surface area contributed by atoms with Gasteiger partial charge in [0.15, 0.2) is 4.34 Å². The van der Waals surface area contributed by atoms with Gasteiger partial charge in [-0.1, -0.05) is 40.8 Å². The van der Waals surface area contributed by atoms with E-state index >= 15 is 0 Å². The molecule has 1 fully saturated rings. The summed E-state index contributed by atoms with van der Waals surface area (Å²) in [6.07, 6.45) is 2.43. The minimum Gasteiger partial charge on any atom is -0.347 e. The number of halogens is 2. The second kappa shape index (κ2) is 6.28. The van der Waals surface area contributed by atoms with Crippen LogP contribution in [0.4, 0.5) is 9.52 Å². The molecular weight excluding hydrogens is 317 g/mol. The number of rotatable bonds is 4. The second-order valence-electron chi connectivity index (χ2n) is 4.53. The highest BCUT2D eigenvalue weighted by Crippen LogP contribution is 2.33. The molecule has 7 heteroatoms. The van der Waals surface area contributed by atoms with Crippen LogP contribution >= 0.6 is 34.7 Å². The first-order valence-corrected chi connectivity index (χ1v) is 8.56. The summed E-state index contributed by atoms with van der Waals surface area (Å²) in [6.45, 7) is 2.11. The van der Waals surface area contributed by atoms with Gasteiger partial charge in [0.05, 0.1) is 0 Å². The van der Waals surface area contributed by atoms with Crippen molar-refractivity contribution < 1.29 is 4.39 Å². The molecule has 1 aromatic carbocycles. The Bertz CT molecular complexity index is 579. The Morgan fingerprint density at radius 3 is 2.85 bits per heavy atom. The van der Waals surface area contributed by atoms with Crippen LogP contribution in [0.1, 0.15) is 18.4 Å². The highest BCUT2D eigenvalue weighted by molar-refractivity contribution is 8.00. The maximum absolute atomic E-state index is 13.7. The van der Waals surface area contributed by atoms with Gasteiger partial charge in [0.25, 0.3) is 0 Å². The Balaban J connectivity index is 1.66. The van der Waals surface area contributed by atoms with Crippen LogP contribution in [0.3, 0.4) is 0 Å². The summed E-state index contributed by atoms with van der Waals surface area (Å²) in [4.78, 5) is 2.25. The third-order valence-electron chi connectivity index (χ3n) is 3.17. The highest BCUT2D eigenvalue weighted by atomic mass is 35.5. The summed E-state index contributed by atoms with van der Waals surface area (Å²) in [5.74, 6) is 0.203. The first kappa shape index (κ1) is 14.1. The number of nitrogens with zero attached hydrogens (tertiary/aromatic N) is 3. The predicted octanol–water partition coefficient (Wildman–Crippen LogP) is 4.22. The fourth-order valence-corrected chi connectivity index (χ4v) is 4.34. The van der Waals surface area contributed by atoms with E-state index < -0.39 is 0 Å². The van der Waals surface area contributed by atoms with Crippen LogP contribution in [0.5, 0.6) is 0 Å². The number of benzene rings is 1. The van der Waals surface area contributed by atoms with E-state index in [2.05, 4.69) is 15.1 Å². The molecule has 0 amide bonds. The van der Waals surface area contributed by atoms with Crippen molar-refractivity contribution in [1.29, 1.82) is 0 Å². The van der Waals surface area contributed by atoms with Crippen molar-refractivity contribution in [2.24, 2.45) is 0 Å². The molecule has 0 atom stereocenters. The molecular formula is C13H13ClFN3S2. The van der Waals surface area contributed by atoms with E-state index in [0.717, 1.165) is 22.6 Å². The van der Waals surface area contributed by atoms with E-state index in [1.54, 1.807) is 23.5 Å². The van der Waals surface area contributed by atoms with Gasteiger partial charge in [0.1, 0.15) is 5.82 Å². The third-order valence-corrected chi connectivity index (χ3v) is 5.67. The molecule has 3 rings (SSSR count). The predicted molar refractivity (Wildman–Crippen MR) is 82.3 cm³/mol. The van der Waals surface area contributed by atoms with Crippen molar-refractivity contribution in [3.63, 3.8) is 0 Å². The fourth-order valence-electron chi connectivity index (χ4n) is 2.10. The number of hydrogen-bond donors (Lipinski definition) is 0. The average Bonchev–Trinajstić information content (AvgIpc) is 3.09. The van der Waals surface area contributed by atoms with Gasteiger partial charge in [-0.15, -0.1) is 10.2 Å². The topological polar surface area (TPSA) is 29.0 Å². The number of hydrogen-bond acceptors (Lipinski definition) is 5. The standard InChI is InChI=1S/C13H13ClFN3S2/c14-10-4-3-5-11(15)9(10)8-19-13-17-16-12(20-13)18-6-1-2-7-18/h3-5H,1-2,6-8H2. The van der Waals surface area contributed by atoms with Crippen molar-refractivity contribution >= 4 is 39.8 Å². The summed E-state index contributed by atoms with van der Waals surface area (Å²) in [7, 11) is 0. The van der Waals surface area contributed by atoms with Gasteiger partial charge in [-0.05, 0) is 25.0 Å². The molecule has 1 aliphatic heterocycles. The molecule has 2 aromatic rings. The molecule has 0 saturated carbocycles. The van der Waals surface area contributed by atoms with Gasteiger partial charge in [-0.2, -0.15) is 0 Å². The lowest BCUT2D eigenvalue weighted by atomic mass is 10.2. The largest absolute Gasteiger partial charge is 0.347 e. The second-order valence-corrected chi connectivity index (χ2v) is 7.12. The summed E-state index contributed by atoms with van der Waals surface area (Å²) in [5.41, 5.74) is 0.525. The van der Waals surface area contributed by atoms with Crippen LogP contribution in [-0.4, -0.2) is 23.3 Å². The normalized spacial score (nSPS) is 15.0. The molecule has 20 heavy (non-hydrogen) atoms. The lowest BCUT2D eigenvalue weighted by Gasteiger charge is -2.10. The molecule has 1 saturated heterocycles. The van der Waals surface area contributed by atoms with E-state index in [1.807, 2.05) is 0 Å². The third kappa shape index (κ3) is 3.07. The van der Waals surface area contributed by atoms with Crippen molar-refractivity contribution in [2.45, 2.75) is 22.9 Å². The summed E-state index contributed by atoms with van der Waals surface area (Å²) in [5, 5.41) is 9.78. The molecule has 3 nitrogen and oxygen atoms in total. The Morgan fingerprint density at radius 2 is 2.10 bits per heavy atom. The van der Waals surface area contributed by atoms with Gasteiger partial charge in [-0.3, -0.25) is 0 Å². The summed E-state index contributed by atoms with van der Waals surface area (Å²) in [6, 6.07) is 4.75. The SMILES string of the molecule is Fc1cccc(Cl)c1CSc1nnc(N2CCCC2)s1. The number of thioether (sulfide) groups is 1. The highest BCUT2D eigenvalue weighted by Gasteiger charge is 2.17. The fraction of sp³-hybridized carbons (Fsp3) is 0.385. The van der Waals surface area contributed by atoms with Gasteiger partial charge in [-0.25, -0.2) is 4.39 Å². The average molecular weight is 330 g/mol. The lowest BCUT2D eigenvalue weighted by Crippen LogP contribution is -2.17. The van der Waals surface area contributed by atoms with E-state index in [-0.39, 0.29) is 5.82 Å². The molecule has 0 aliphatic carbocycles. The molecule has 2 heterocycles. The maximum Gasteiger partial charge on any atom is 0.209 e. The van der Waals surface area contributed by atoms with Crippen molar-refractivity contribution in [1.82, 2.24) is 10.2 Å². The zero-order chi connectivity index (χ0) is 13.9. The van der Waals surface area contributed by atoms with E-state index in [0.29, 0.717) is 16.3 Å². The summed E-state index contributed by atoms with van der Waals surface area (Å²) < 4.78 is 14.5. The Morgan fingerprint density at radius 1 is 1.30 bits per heavy atom. The molecule has 0 bridgehead atoms. The van der Waals surface area contributed by atoms with E-state index in [1.165, 1.54) is 30.7 Å². The number of aromatic nitrogens is 2. The van der Waals surface area contributed by atoms with Crippen molar-refractivity contribution in [2.75, 3.05) is 18.0 Å². The van der Waals surface area contributed by atoms with Gasteiger partial charge in [0.2, 0.25) is 5.13 Å². The first-order chi connectivity index (χ1) is 9.74. The van der Waals surface area contributed by atoms with E-state index in [4.69, 9.17) is 11.6 Å².